The number of hydrogen-bond acceptors (Lipinski definition) is 6. The Morgan fingerprint density at radius 2 is 1.59 bits per heavy atom. The second kappa shape index (κ2) is 4.70. The summed E-state index contributed by atoms with van der Waals surface area (Å²) in [6.45, 7) is 9.10. The minimum absolute atomic E-state index is 0.127. The number of hydrogen-bond donors (Lipinski definition) is 1. The fraction of sp³-hybridized carbons (Fsp3) is 0.750. The Balaban J connectivity index is 2.88. The topological polar surface area (TPSA) is 114 Å². The van der Waals surface area contributed by atoms with Gasteiger partial charge in [-0.1, -0.05) is 27.7 Å². The molecule has 4 atom stereocenters. The third-order valence-corrected chi connectivity index (χ3v) is 4.91. The molecular formula is C16H20N4O2. The summed E-state index contributed by atoms with van der Waals surface area (Å²) in [7, 11) is 0. The van der Waals surface area contributed by atoms with Crippen molar-refractivity contribution in [2.24, 2.45) is 28.6 Å². The van der Waals surface area contributed by atoms with Crippen molar-refractivity contribution >= 4 is 5.90 Å². The van der Waals surface area contributed by atoms with Gasteiger partial charge in [0.15, 0.2) is 10.8 Å². The van der Waals surface area contributed by atoms with Crippen LogP contribution >= 0.6 is 0 Å². The van der Waals surface area contributed by atoms with Crippen LogP contribution in [0.4, 0.5) is 0 Å². The van der Waals surface area contributed by atoms with Crippen LogP contribution in [0.3, 0.4) is 0 Å². The van der Waals surface area contributed by atoms with Crippen LogP contribution in [0.2, 0.25) is 0 Å². The van der Waals surface area contributed by atoms with Gasteiger partial charge in [-0.2, -0.15) is 15.8 Å². The van der Waals surface area contributed by atoms with Crippen molar-refractivity contribution in [1.29, 1.82) is 21.2 Å². The van der Waals surface area contributed by atoms with Gasteiger partial charge in [0, 0.05) is 6.92 Å². The highest BCUT2D eigenvalue weighted by Crippen LogP contribution is 2.64. The summed E-state index contributed by atoms with van der Waals surface area (Å²) in [6, 6.07) is 6.22. The van der Waals surface area contributed by atoms with E-state index in [-0.39, 0.29) is 17.7 Å². The van der Waals surface area contributed by atoms with E-state index in [1.165, 1.54) is 0 Å². The van der Waals surface area contributed by atoms with Crippen LogP contribution in [0.1, 0.15) is 34.6 Å². The Bertz CT molecular complexity index is 622. The minimum atomic E-state index is -1.71. The molecule has 0 amide bonds. The summed E-state index contributed by atoms with van der Waals surface area (Å²) in [5.74, 6) is -2.48. The van der Waals surface area contributed by atoms with E-state index >= 15 is 0 Å². The molecule has 3 heterocycles. The molecule has 6 heteroatoms. The Hall–Kier alpha value is -2.10. The largest absolute Gasteiger partial charge is 0.448 e. The fourth-order valence-corrected chi connectivity index (χ4v) is 4.24. The van der Waals surface area contributed by atoms with Gasteiger partial charge in [0.05, 0.1) is 30.2 Å². The number of nitriles is 3. The van der Waals surface area contributed by atoms with Gasteiger partial charge < -0.3 is 9.47 Å². The Kier molecular flexibility index (Phi) is 3.48. The van der Waals surface area contributed by atoms with Crippen LogP contribution in [0.5, 0.6) is 0 Å². The van der Waals surface area contributed by atoms with E-state index in [4.69, 9.17) is 14.9 Å². The SMILES string of the molecule is CC(C)C1C2(C)OC(=N)C(C#N)(C(C(C)C)O2)C1(C#N)C#N. The molecule has 0 aromatic rings. The molecule has 3 rings (SSSR count). The molecule has 3 aliphatic rings. The van der Waals surface area contributed by atoms with Gasteiger partial charge in [0.1, 0.15) is 0 Å². The maximum Gasteiger partial charge on any atom is 0.215 e. The van der Waals surface area contributed by atoms with Crippen molar-refractivity contribution < 1.29 is 9.47 Å². The summed E-state index contributed by atoms with van der Waals surface area (Å²) in [5.41, 5.74) is -3.38. The van der Waals surface area contributed by atoms with Crippen molar-refractivity contribution in [3.05, 3.63) is 0 Å². The second-order valence-electron chi connectivity index (χ2n) is 6.90. The van der Waals surface area contributed by atoms with Gasteiger partial charge in [-0.05, 0) is 11.8 Å². The number of fused-ring (bicyclic) bond motifs is 3. The van der Waals surface area contributed by atoms with Crippen molar-refractivity contribution in [3.63, 3.8) is 0 Å². The van der Waals surface area contributed by atoms with E-state index in [0.29, 0.717) is 0 Å². The normalized spacial score (nSPS) is 39.0. The van der Waals surface area contributed by atoms with Gasteiger partial charge in [0.25, 0.3) is 0 Å². The van der Waals surface area contributed by atoms with Crippen LogP contribution in [0, 0.1) is 68.0 Å². The predicted octanol–water partition coefficient (Wildman–Crippen LogP) is 2.58. The lowest BCUT2D eigenvalue weighted by Crippen LogP contribution is -2.76. The predicted molar refractivity (Wildman–Crippen MR) is 77.0 cm³/mol. The zero-order chi connectivity index (χ0) is 16.9. The third kappa shape index (κ3) is 1.52. The van der Waals surface area contributed by atoms with Crippen LogP contribution in [0.25, 0.3) is 0 Å². The molecule has 116 valence electrons. The van der Waals surface area contributed by atoms with E-state index in [2.05, 4.69) is 18.2 Å². The number of ether oxygens (including phenoxy) is 2. The molecule has 2 bridgehead atoms. The molecule has 22 heavy (non-hydrogen) atoms. The molecule has 3 aliphatic heterocycles. The molecule has 3 fully saturated rings. The number of rotatable bonds is 2. The Morgan fingerprint density at radius 1 is 1.05 bits per heavy atom. The van der Waals surface area contributed by atoms with Crippen molar-refractivity contribution in [2.75, 3.05) is 0 Å². The van der Waals surface area contributed by atoms with Gasteiger partial charge >= 0.3 is 0 Å². The molecule has 0 aromatic heterocycles. The third-order valence-electron chi connectivity index (χ3n) is 4.91. The van der Waals surface area contributed by atoms with Gasteiger partial charge in [-0.25, -0.2) is 0 Å². The average Bonchev–Trinajstić information content (AvgIpc) is 2.44. The quantitative estimate of drug-likeness (QED) is 0.841. The lowest BCUT2D eigenvalue weighted by Gasteiger charge is -2.63. The van der Waals surface area contributed by atoms with Crippen LogP contribution in [-0.2, 0) is 9.47 Å². The first-order valence-electron chi connectivity index (χ1n) is 7.36. The molecule has 6 nitrogen and oxygen atoms in total. The van der Waals surface area contributed by atoms with Gasteiger partial charge in [-0.15, -0.1) is 0 Å². The van der Waals surface area contributed by atoms with Gasteiger partial charge in [0.2, 0.25) is 11.7 Å². The van der Waals surface area contributed by atoms with Gasteiger partial charge in [-0.3, -0.25) is 5.41 Å². The van der Waals surface area contributed by atoms with Crippen LogP contribution in [-0.4, -0.2) is 17.8 Å². The first-order chi connectivity index (χ1) is 10.2. The average molecular weight is 300 g/mol. The summed E-state index contributed by atoms with van der Waals surface area (Å²) >= 11 is 0. The molecule has 0 aliphatic carbocycles. The zero-order valence-corrected chi connectivity index (χ0v) is 13.5. The van der Waals surface area contributed by atoms with E-state index in [1.807, 2.05) is 27.7 Å². The summed E-state index contributed by atoms with van der Waals surface area (Å²) in [5, 5.41) is 37.9. The van der Waals surface area contributed by atoms with Crippen molar-refractivity contribution in [2.45, 2.75) is 46.5 Å². The molecule has 0 saturated carbocycles. The second-order valence-corrected chi connectivity index (χ2v) is 6.90. The van der Waals surface area contributed by atoms with E-state index < -0.39 is 28.6 Å². The van der Waals surface area contributed by atoms with Crippen molar-refractivity contribution in [1.82, 2.24) is 0 Å². The monoisotopic (exact) mass is 300 g/mol. The smallest absolute Gasteiger partial charge is 0.215 e. The molecule has 1 N–H and O–H groups in total. The van der Waals surface area contributed by atoms with E-state index in [1.54, 1.807) is 6.92 Å². The van der Waals surface area contributed by atoms with Crippen LogP contribution in [0.15, 0.2) is 0 Å². The molecule has 0 spiro atoms. The first kappa shape index (κ1) is 16.3. The highest BCUT2D eigenvalue weighted by molar-refractivity contribution is 5.88. The lowest BCUT2D eigenvalue weighted by molar-refractivity contribution is -0.353. The number of nitrogens with zero attached hydrogens (tertiary/aromatic N) is 3. The first-order valence-corrected chi connectivity index (χ1v) is 7.36. The minimum Gasteiger partial charge on any atom is -0.448 e. The highest BCUT2D eigenvalue weighted by atomic mass is 16.7. The van der Waals surface area contributed by atoms with Crippen molar-refractivity contribution in [3.8, 4) is 18.2 Å². The Labute approximate surface area is 130 Å². The van der Waals surface area contributed by atoms with E-state index in [9.17, 15) is 15.8 Å². The zero-order valence-electron chi connectivity index (χ0n) is 13.5. The Morgan fingerprint density at radius 3 is 1.95 bits per heavy atom. The molecule has 0 radical (unpaired) electrons. The molecule has 3 saturated heterocycles. The molecular weight excluding hydrogens is 280 g/mol. The molecule has 0 aromatic carbocycles. The standard InChI is InChI=1S/C16H20N4O2/c1-9(2)11-14(5)21-12(10(3)4)16(8-19,13(20)22-14)15(11,6-17)7-18/h9-12,20H,1-5H3. The summed E-state index contributed by atoms with van der Waals surface area (Å²) in [4.78, 5) is 0. The molecule has 4 unspecified atom stereocenters. The number of nitrogens with one attached hydrogen (secondary N) is 1. The maximum absolute atomic E-state index is 9.88. The fourth-order valence-electron chi connectivity index (χ4n) is 4.24. The van der Waals surface area contributed by atoms with Crippen LogP contribution < -0.4 is 0 Å². The van der Waals surface area contributed by atoms with E-state index in [0.717, 1.165) is 0 Å². The summed E-state index contributed by atoms with van der Waals surface area (Å²) in [6.07, 6.45) is -0.738. The lowest BCUT2D eigenvalue weighted by atomic mass is 9.48. The maximum atomic E-state index is 9.88. The highest BCUT2D eigenvalue weighted by Gasteiger charge is 2.79. The summed E-state index contributed by atoms with van der Waals surface area (Å²) < 4.78 is 11.7.